The third-order valence-electron chi connectivity index (χ3n) is 4.40. The van der Waals surface area contributed by atoms with Crippen molar-refractivity contribution in [3.05, 3.63) is 28.5 Å². The van der Waals surface area contributed by atoms with E-state index in [9.17, 15) is 24.7 Å². The van der Waals surface area contributed by atoms with Crippen molar-refractivity contribution < 1.29 is 24.7 Å². The lowest BCUT2D eigenvalue weighted by Gasteiger charge is -2.49. The number of carboxylic acid groups (broad SMARTS) is 1. The highest BCUT2D eigenvalue weighted by molar-refractivity contribution is 8.01. The maximum Gasteiger partial charge on any atom is 0.352 e. The maximum atomic E-state index is 12.7. The van der Waals surface area contributed by atoms with E-state index >= 15 is 0 Å². The van der Waals surface area contributed by atoms with Gasteiger partial charge < -0.3 is 21.4 Å². The Bertz CT molecular complexity index is 1100. The van der Waals surface area contributed by atoms with Crippen LogP contribution in [0.4, 0.5) is 5.13 Å². The number of nitrogens with two attached hydrogens (primary N) is 1. The molecule has 16 heteroatoms. The molecule has 1 unspecified atom stereocenters. The molecule has 13 nitrogen and oxygen atoms in total. The zero-order valence-electron chi connectivity index (χ0n) is 15.4. The number of amides is 2. The molecule has 2 aromatic heterocycles. The van der Waals surface area contributed by atoms with E-state index in [1.807, 2.05) is 0 Å². The van der Waals surface area contributed by atoms with Crippen LogP contribution in [0.1, 0.15) is 5.69 Å². The molecule has 1 fully saturated rings. The van der Waals surface area contributed by atoms with Gasteiger partial charge in [0, 0.05) is 16.9 Å². The SMILES string of the molecule is Nc1nc(/C(=N/O)C(=O)NC2C(=O)N3C(C(=O)O)=C(CSc4cn[nH]n4)CS[C@H]23)cs1. The fourth-order valence-corrected chi connectivity index (χ4v) is 5.85. The number of aliphatic carboxylic acids is 1. The van der Waals surface area contributed by atoms with Crippen molar-refractivity contribution in [1.29, 1.82) is 0 Å². The Morgan fingerprint density at radius 2 is 2.29 bits per heavy atom. The van der Waals surface area contributed by atoms with Crippen molar-refractivity contribution in [1.82, 2.24) is 30.6 Å². The van der Waals surface area contributed by atoms with E-state index in [1.165, 1.54) is 35.1 Å². The number of thioether (sulfide) groups is 2. The standard InChI is InChI=1S/C15H14N8O5S3/c16-15-18-6(4-31-15)8(21-28)11(24)19-9-12(25)23-10(14(26)27)5(3-30-13(9)23)2-29-7-1-17-22-20-7/h1,4,9,13,28H,2-3H2,(H2,16,18)(H,19,24)(H,26,27)(H,17,20,22)/b21-8-/t9?,13-/m1/s1. The van der Waals surface area contributed by atoms with Crippen LogP contribution in [0.15, 0.2) is 33.0 Å². The van der Waals surface area contributed by atoms with Gasteiger partial charge in [-0.25, -0.2) is 9.78 Å². The number of nitrogen functional groups attached to an aromatic ring is 1. The molecule has 2 amide bonds. The number of carboxylic acids is 1. The molecule has 1 saturated heterocycles. The van der Waals surface area contributed by atoms with Gasteiger partial charge in [-0.2, -0.15) is 10.3 Å². The number of carbonyl (C=O) groups excluding carboxylic acids is 2. The first kappa shape index (κ1) is 21.1. The number of nitrogens with one attached hydrogen (secondary N) is 2. The zero-order valence-corrected chi connectivity index (χ0v) is 17.8. The number of β-lactam (4-membered cyclic amide) rings is 1. The minimum Gasteiger partial charge on any atom is -0.477 e. The van der Waals surface area contributed by atoms with E-state index in [0.29, 0.717) is 22.1 Å². The fourth-order valence-electron chi connectivity index (χ4n) is 3.03. The van der Waals surface area contributed by atoms with Gasteiger partial charge in [-0.05, 0) is 5.57 Å². The molecule has 31 heavy (non-hydrogen) atoms. The van der Waals surface area contributed by atoms with Crippen molar-refractivity contribution in [2.75, 3.05) is 17.2 Å². The number of aromatic amines is 1. The van der Waals surface area contributed by atoms with Crippen LogP contribution in [0.25, 0.3) is 0 Å². The van der Waals surface area contributed by atoms with Gasteiger partial charge in [-0.1, -0.05) is 16.9 Å². The third kappa shape index (κ3) is 3.96. The number of aromatic nitrogens is 4. The summed E-state index contributed by atoms with van der Waals surface area (Å²) in [4.78, 5) is 42.1. The summed E-state index contributed by atoms with van der Waals surface area (Å²) in [5.74, 6) is -1.94. The van der Waals surface area contributed by atoms with Gasteiger partial charge in [0.1, 0.15) is 27.8 Å². The molecule has 2 aromatic rings. The topological polar surface area (TPSA) is 200 Å². The van der Waals surface area contributed by atoms with Crippen LogP contribution in [0, 0.1) is 0 Å². The maximum absolute atomic E-state index is 12.7. The van der Waals surface area contributed by atoms with Crippen molar-refractivity contribution >= 4 is 63.5 Å². The van der Waals surface area contributed by atoms with Crippen LogP contribution in [-0.2, 0) is 14.4 Å². The Morgan fingerprint density at radius 1 is 1.48 bits per heavy atom. The lowest BCUT2D eigenvalue weighted by molar-refractivity contribution is -0.150. The van der Waals surface area contributed by atoms with Gasteiger partial charge in [0.25, 0.3) is 11.8 Å². The molecule has 4 rings (SSSR count). The normalized spacial score (nSPS) is 21.0. The molecule has 4 heterocycles. The minimum atomic E-state index is -1.23. The number of nitrogens with zero attached hydrogens (tertiary/aromatic N) is 5. The van der Waals surface area contributed by atoms with Crippen molar-refractivity contribution in [2.24, 2.45) is 5.16 Å². The molecule has 0 bridgehead atoms. The van der Waals surface area contributed by atoms with Crippen molar-refractivity contribution in [2.45, 2.75) is 16.4 Å². The van der Waals surface area contributed by atoms with E-state index in [-0.39, 0.29) is 16.5 Å². The molecule has 0 aromatic carbocycles. The average molecular weight is 483 g/mol. The summed E-state index contributed by atoms with van der Waals surface area (Å²) in [5, 5.41) is 36.0. The second-order valence-electron chi connectivity index (χ2n) is 6.23. The lowest BCUT2D eigenvalue weighted by Crippen LogP contribution is -2.71. The predicted octanol–water partition coefficient (Wildman–Crippen LogP) is -0.447. The average Bonchev–Trinajstić information content (AvgIpc) is 3.42. The molecule has 0 radical (unpaired) electrons. The summed E-state index contributed by atoms with van der Waals surface area (Å²) in [6.07, 6.45) is 1.51. The van der Waals surface area contributed by atoms with Gasteiger partial charge in [0.05, 0.1) is 6.20 Å². The smallest absolute Gasteiger partial charge is 0.352 e. The lowest BCUT2D eigenvalue weighted by atomic mass is 10.0. The Balaban J connectivity index is 1.48. The summed E-state index contributed by atoms with van der Waals surface area (Å²) < 4.78 is 0. The summed E-state index contributed by atoms with van der Waals surface area (Å²) in [7, 11) is 0. The molecule has 2 atom stereocenters. The largest absolute Gasteiger partial charge is 0.477 e. The Morgan fingerprint density at radius 3 is 2.90 bits per heavy atom. The van der Waals surface area contributed by atoms with E-state index in [4.69, 9.17) is 5.73 Å². The van der Waals surface area contributed by atoms with Crippen molar-refractivity contribution in [3.8, 4) is 0 Å². The van der Waals surface area contributed by atoms with Crippen LogP contribution >= 0.6 is 34.9 Å². The van der Waals surface area contributed by atoms with Gasteiger partial charge in [-0.15, -0.1) is 28.2 Å². The van der Waals surface area contributed by atoms with Crippen LogP contribution in [0.5, 0.6) is 0 Å². The Kier molecular flexibility index (Phi) is 5.84. The number of hydrogen-bond acceptors (Lipinski definition) is 12. The predicted molar refractivity (Wildman–Crippen MR) is 112 cm³/mol. The summed E-state index contributed by atoms with van der Waals surface area (Å²) in [5.41, 5.74) is 5.68. The first-order chi connectivity index (χ1) is 14.9. The molecule has 162 valence electrons. The van der Waals surface area contributed by atoms with E-state index < -0.39 is 34.9 Å². The molecule has 2 aliphatic rings. The number of thiazole rings is 1. The summed E-state index contributed by atoms with van der Waals surface area (Å²) in [6, 6.07) is -0.968. The number of hydrogen-bond donors (Lipinski definition) is 5. The van der Waals surface area contributed by atoms with Crippen LogP contribution in [0.2, 0.25) is 0 Å². The quantitative estimate of drug-likeness (QED) is 0.113. The summed E-state index contributed by atoms with van der Waals surface area (Å²) in [6.45, 7) is 0. The number of rotatable bonds is 7. The number of oxime groups is 1. The molecular weight excluding hydrogens is 468 g/mol. The minimum absolute atomic E-state index is 0.0701. The fraction of sp³-hybridized carbons (Fsp3) is 0.267. The first-order valence-electron chi connectivity index (χ1n) is 8.53. The Labute approximate surface area is 186 Å². The highest BCUT2D eigenvalue weighted by Gasteiger charge is 2.54. The second-order valence-corrected chi connectivity index (χ2v) is 9.23. The molecule has 0 aliphatic carbocycles. The number of anilines is 1. The van der Waals surface area contributed by atoms with Gasteiger partial charge in [-0.3, -0.25) is 14.5 Å². The number of carbonyl (C=O) groups is 3. The van der Waals surface area contributed by atoms with Crippen LogP contribution in [-0.4, -0.2) is 82.0 Å². The second kappa shape index (κ2) is 8.56. The highest BCUT2D eigenvalue weighted by Crippen LogP contribution is 2.41. The first-order valence-corrected chi connectivity index (χ1v) is 11.4. The van der Waals surface area contributed by atoms with Crippen LogP contribution < -0.4 is 11.1 Å². The van der Waals surface area contributed by atoms with Crippen molar-refractivity contribution in [3.63, 3.8) is 0 Å². The highest BCUT2D eigenvalue weighted by atomic mass is 32.2. The molecule has 6 N–H and O–H groups in total. The third-order valence-corrected chi connectivity index (χ3v) is 7.40. The van der Waals surface area contributed by atoms with Gasteiger partial charge in [0.2, 0.25) is 0 Å². The molecule has 2 aliphatic heterocycles. The van der Waals surface area contributed by atoms with E-state index in [2.05, 4.69) is 30.9 Å². The number of H-pyrrole nitrogens is 1. The Hall–Kier alpha value is -3.11. The van der Waals surface area contributed by atoms with E-state index in [1.54, 1.807) is 0 Å². The van der Waals surface area contributed by atoms with Crippen LogP contribution in [0.3, 0.4) is 0 Å². The molecular formula is C15H14N8O5S3. The monoisotopic (exact) mass is 482 g/mol. The number of fused-ring (bicyclic) bond motifs is 1. The summed E-state index contributed by atoms with van der Waals surface area (Å²) >= 11 is 3.68. The zero-order chi connectivity index (χ0) is 22.1. The molecule has 0 spiro atoms. The van der Waals surface area contributed by atoms with Gasteiger partial charge >= 0.3 is 5.97 Å². The van der Waals surface area contributed by atoms with Gasteiger partial charge in [0.15, 0.2) is 10.8 Å². The van der Waals surface area contributed by atoms with E-state index in [0.717, 1.165) is 16.2 Å². The molecule has 0 saturated carbocycles.